The largest absolute Gasteiger partial charge is 0.484 e. The highest BCUT2D eigenvalue weighted by Gasteiger charge is 2.22. The molecule has 3 rings (SSSR count). The second-order valence-electron chi connectivity index (χ2n) is 7.00. The third kappa shape index (κ3) is 6.21. The van der Waals surface area contributed by atoms with Gasteiger partial charge in [0, 0.05) is 13.1 Å². The fourth-order valence-electron chi connectivity index (χ4n) is 3.11. The molecule has 0 aliphatic carbocycles. The summed E-state index contributed by atoms with van der Waals surface area (Å²) in [6, 6.07) is 26.9. The van der Waals surface area contributed by atoms with Crippen LogP contribution in [0.2, 0.25) is 0 Å². The Morgan fingerprint density at radius 3 is 1.87 bits per heavy atom. The molecule has 0 bridgehead atoms. The minimum absolute atomic E-state index is 0.0618. The van der Waals surface area contributed by atoms with Crippen molar-refractivity contribution < 1.29 is 14.3 Å². The first kappa shape index (κ1) is 21.1. The predicted octanol–water partition coefficient (Wildman–Crippen LogP) is 3.44. The van der Waals surface area contributed by atoms with Crippen LogP contribution in [0, 0.1) is 6.92 Å². The van der Waals surface area contributed by atoms with Crippen LogP contribution in [0.25, 0.3) is 0 Å². The normalized spacial score (nSPS) is 10.5. The molecule has 3 aromatic rings. The van der Waals surface area contributed by atoms with Crippen molar-refractivity contribution >= 4 is 11.8 Å². The molecule has 0 unspecified atom stereocenters. The van der Waals surface area contributed by atoms with Gasteiger partial charge in [-0.05, 0) is 30.2 Å². The Labute approximate surface area is 177 Å². The Morgan fingerprint density at radius 2 is 1.30 bits per heavy atom. The van der Waals surface area contributed by atoms with Crippen LogP contribution in [0.3, 0.4) is 0 Å². The van der Waals surface area contributed by atoms with Gasteiger partial charge in [0.05, 0.1) is 5.92 Å². The maximum atomic E-state index is 12.9. The fourth-order valence-corrected chi connectivity index (χ4v) is 3.11. The molecule has 2 N–H and O–H groups in total. The topological polar surface area (TPSA) is 67.4 Å². The molecule has 0 aromatic heterocycles. The third-order valence-corrected chi connectivity index (χ3v) is 4.67. The van der Waals surface area contributed by atoms with Crippen LogP contribution in [0.1, 0.15) is 22.6 Å². The summed E-state index contributed by atoms with van der Waals surface area (Å²) in [7, 11) is 0. The van der Waals surface area contributed by atoms with E-state index in [1.165, 1.54) is 0 Å². The number of hydrogen-bond donors (Lipinski definition) is 2. The van der Waals surface area contributed by atoms with Crippen LogP contribution in [0.5, 0.6) is 5.75 Å². The van der Waals surface area contributed by atoms with Crippen molar-refractivity contribution in [2.24, 2.45) is 0 Å². The highest BCUT2D eigenvalue weighted by molar-refractivity contribution is 5.87. The van der Waals surface area contributed by atoms with Gasteiger partial charge in [-0.3, -0.25) is 9.59 Å². The zero-order valence-electron chi connectivity index (χ0n) is 17.0. The highest BCUT2D eigenvalue weighted by atomic mass is 16.5. The Hall–Kier alpha value is -3.60. The van der Waals surface area contributed by atoms with Crippen molar-refractivity contribution in [3.05, 3.63) is 102 Å². The van der Waals surface area contributed by atoms with E-state index in [-0.39, 0.29) is 18.4 Å². The van der Waals surface area contributed by atoms with E-state index in [0.29, 0.717) is 18.8 Å². The van der Waals surface area contributed by atoms with Crippen molar-refractivity contribution in [1.29, 1.82) is 0 Å². The zero-order valence-corrected chi connectivity index (χ0v) is 17.0. The maximum Gasteiger partial charge on any atom is 0.258 e. The van der Waals surface area contributed by atoms with E-state index in [4.69, 9.17) is 4.74 Å². The van der Waals surface area contributed by atoms with Gasteiger partial charge < -0.3 is 15.4 Å². The van der Waals surface area contributed by atoms with Crippen molar-refractivity contribution in [2.75, 3.05) is 19.7 Å². The van der Waals surface area contributed by atoms with E-state index in [2.05, 4.69) is 10.6 Å². The van der Waals surface area contributed by atoms with Gasteiger partial charge in [-0.1, -0.05) is 78.4 Å². The van der Waals surface area contributed by atoms with Crippen LogP contribution in [0.15, 0.2) is 84.9 Å². The molecule has 0 spiro atoms. The fraction of sp³-hybridized carbons (Fsp3) is 0.200. The second kappa shape index (κ2) is 10.8. The number of amides is 2. The lowest BCUT2D eigenvalue weighted by Gasteiger charge is -2.18. The van der Waals surface area contributed by atoms with Crippen LogP contribution in [-0.2, 0) is 9.59 Å². The molecular formula is C25H26N2O3. The lowest BCUT2D eigenvalue weighted by atomic mass is 9.90. The van der Waals surface area contributed by atoms with Crippen molar-refractivity contribution in [2.45, 2.75) is 12.8 Å². The van der Waals surface area contributed by atoms with E-state index in [1.807, 2.05) is 91.9 Å². The summed E-state index contributed by atoms with van der Waals surface area (Å²) < 4.78 is 5.46. The smallest absolute Gasteiger partial charge is 0.258 e. The van der Waals surface area contributed by atoms with Gasteiger partial charge in [0.2, 0.25) is 5.91 Å². The van der Waals surface area contributed by atoms with Gasteiger partial charge in [0.1, 0.15) is 5.75 Å². The average molecular weight is 402 g/mol. The summed E-state index contributed by atoms with van der Waals surface area (Å²) >= 11 is 0. The molecule has 0 aliphatic rings. The van der Waals surface area contributed by atoms with Crippen molar-refractivity contribution in [3.63, 3.8) is 0 Å². The second-order valence-corrected chi connectivity index (χ2v) is 7.00. The summed E-state index contributed by atoms with van der Waals surface area (Å²) in [6.45, 7) is 2.60. The summed E-state index contributed by atoms with van der Waals surface area (Å²) in [5.41, 5.74) is 2.99. The predicted molar refractivity (Wildman–Crippen MR) is 117 cm³/mol. The van der Waals surface area contributed by atoms with E-state index >= 15 is 0 Å². The summed E-state index contributed by atoms with van der Waals surface area (Å²) in [5.74, 6) is -0.0735. The molecule has 0 atom stereocenters. The molecule has 3 aromatic carbocycles. The number of carbonyl (C=O) groups is 2. The average Bonchev–Trinajstić information content (AvgIpc) is 2.78. The van der Waals surface area contributed by atoms with Crippen LogP contribution >= 0.6 is 0 Å². The van der Waals surface area contributed by atoms with Gasteiger partial charge in [-0.2, -0.15) is 0 Å². The van der Waals surface area contributed by atoms with Gasteiger partial charge >= 0.3 is 0 Å². The molecule has 5 nitrogen and oxygen atoms in total. The molecule has 2 amide bonds. The molecular weight excluding hydrogens is 376 g/mol. The molecule has 0 aliphatic heterocycles. The number of hydrogen-bond acceptors (Lipinski definition) is 3. The van der Waals surface area contributed by atoms with Gasteiger partial charge in [-0.25, -0.2) is 0 Å². The van der Waals surface area contributed by atoms with Crippen molar-refractivity contribution in [3.8, 4) is 5.75 Å². The number of ether oxygens (including phenoxy) is 1. The molecule has 0 saturated carbocycles. The molecule has 0 saturated heterocycles. The Kier molecular flexibility index (Phi) is 7.61. The molecule has 0 heterocycles. The zero-order chi connectivity index (χ0) is 21.2. The van der Waals surface area contributed by atoms with Crippen LogP contribution in [0.4, 0.5) is 0 Å². The molecule has 154 valence electrons. The third-order valence-electron chi connectivity index (χ3n) is 4.67. The van der Waals surface area contributed by atoms with Crippen molar-refractivity contribution in [1.82, 2.24) is 10.6 Å². The highest BCUT2D eigenvalue weighted by Crippen LogP contribution is 2.24. The van der Waals surface area contributed by atoms with E-state index in [1.54, 1.807) is 0 Å². The Balaban J connectivity index is 1.47. The molecule has 0 fully saturated rings. The molecule has 30 heavy (non-hydrogen) atoms. The number of aryl methyl sites for hydroxylation is 1. The van der Waals surface area contributed by atoms with E-state index < -0.39 is 5.92 Å². The SMILES string of the molecule is Cc1ccc(OCC(=O)NCCNC(=O)C(c2ccccc2)c2ccccc2)cc1. The maximum absolute atomic E-state index is 12.9. The van der Waals surface area contributed by atoms with Crippen LogP contribution < -0.4 is 15.4 Å². The first-order valence-electron chi connectivity index (χ1n) is 9.97. The van der Waals surface area contributed by atoms with Crippen LogP contribution in [-0.4, -0.2) is 31.5 Å². The lowest BCUT2D eigenvalue weighted by Crippen LogP contribution is -2.38. The number of benzene rings is 3. The first-order chi connectivity index (χ1) is 14.6. The van der Waals surface area contributed by atoms with E-state index in [9.17, 15) is 9.59 Å². The molecule has 5 heteroatoms. The summed E-state index contributed by atoms with van der Waals surface area (Å²) in [4.78, 5) is 24.8. The quantitative estimate of drug-likeness (QED) is 0.539. The number of rotatable bonds is 9. The van der Waals surface area contributed by atoms with Gasteiger partial charge in [0.25, 0.3) is 5.91 Å². The lowest BCUT2D eigenvalue weighted by molar-refractivity contribution is -0.124. The number of nitrogens with one attached hydrogen (secondary N) is 2. The standard InChI is InChI=1S/C25H26N2O3/c1-19-12-14-22(15-13-19)30-18-23(28)26-16-17-27-25(29)24(20-8-4-2-5-9-20)21-10-6-3-7-11-21/h2-15,24H,16-18H2,1H3,(H,26,28)(H,27,29). The Bertz CT molecular complexity index is 902. The summed E-state index contributed by atoms with van der Waals surface area (Å²) in [6.07, 6.45) is 0. The minimum atomic E-state index is -0.395. The Morgan fingerprint density at radius 1 is 0.767 bits per heavy atom. The number of carbonyl (C=O) groups excluding carboxylic acids is 2. The first-order valence-corrected chi connectivity index (χ1v) is 9.97. The van der Waals surface area contributed by atoms with E-state index in [0.717, 1.165) is 16.7 Å². The van der Waals surface area contributed by atoms with Gasteiger partial charge in [-0.15, -0.1) is 0 Å². The van der Waals surface area contributed by atoms with Gasteiger partial charge in [0.15, 0.2) is 6.61 Å². The summed E-state index contributed by atoms with van der Waals surface area (Å²) in [5, 5.41) is 5.68. The minimum Gasteiger partial charge on any atom is -0.484 e. The monoisotopic (exact) mass is 402 g/mol. The molecule has 0 radical (unpaired) electrons.